The average molecular weight is 495 g/mol. The van der Waals surface area contributed by atoms with Crippen molar-refractivity contribution in [1.29, 1.82) is 0 Å². The maximum Gasteiger partial charge on any atom is 0.189 e. The number of phenols is 2. The standard InChI is InChI=1S/C26H38O9/c1-6-8-9-14(18-11-19(28)26(25(32)34-18)20(7-2)35-26)21(29)15-10-16(24(33-5)13(3)4)23(31)17(12-27)22(15)30/h10,12-14,18-20,24-25,28,30-32H,6-9,11H2,1-5H3/t14?,18-,19-,20+,24?,25-,26-/m1/s1. The first-order chi connectivity index (χ1) is 16.6. The van der Waals surface area contributed by atoms with Crippen LogP contribution in [0.25, 0.3) is 0 Å². The molecule has 4 N–H and O–H groups in total. The summed E-state index contributed by atoms with van der Waals surface area (Å²) < 4.78 is 16.9. The van der Waals surface area contributed by atoms with Crippen molar-refractivity contribution in [3.05, 3.63) is 22.8 Å². The number of unbranched alkanes of at least 4 members (excludes halogenated alkanes) is 1. The molecule has 9 nitrogen and oxygen atoms in total. The highest BCUT2D eigenvalue weighted by Crippen LogP contribution is 2.50. The molecule has 0 radical (unpaired) electrons. The predicted molar refractivity (Wildman–Crippen MR) is 126 cm³/mol. The van der Waals surface area contributed by atoms with E-state index in [9.17, 15) is 30.0 Å². The van der Waals surface area contributed by atoms with E-state index in [2.05, 4.69) is 0 Å². The second-order valence-electron chi connectivity index (χ2n) is 9.90. The summed E-state index contributed by atoms with van der Waals surface area (Å²) >= 11 is 0. The van der Waals surface area contributed by atoms with Crippen LogP contribution in [0.15, 0.2) is 6.07 Å². The minimum atomic E-state index is -1.40. The third kappa shape index (κ3) is 4.84. The number of carbonyl (C=O) groups is 2. The van der Waals surface area contributed by atoms with Crippen LogP contribution in [0.1, 0.15) is 92.2 Å². The second-order valence-corrected chi connectivity index (χ2v) is 9.90. The summed E-state index contributed by atoms with van der Waals surface area (Å²) in [5, 5.41) is 42.9. The van der Waals surface area contributed by atoms with Gasteiger partial charge in [-0.3, -0.25) is 9.59 Å². The number of hydrogen-bond acceptors (Lipinski definition) is 9. The number of aldehydes is 1. The van der Waals surface area contributed by atoms with E-state index in [1.165, 1.54) is 13.2 Å². The highest BCUT2D eigenvalue weighted by atomic mass is 16.7. The van der Waals surface area contributed by atoms with Gasteiger partial charge in [-0.1, -0.05) is 40.5 Å². The van der Waals surface area contributed by atoms with E-state index in [4.69, 9.17) is 14.2 Å². The Morgan fingerprint density at radius 2 is 1.94 bits per heavy atom. The molecule has 1 spiro atoms. The molecule has 0 saturated carbocycles. The maximum absolute atomic E-state index is 13.8. The largest absolute Gasteiger partial charge is 0.507 e. The van der Waals surface area contributed by atoms with E-state index in [0.29, 0.717) is 25.5 Å². The van der Waals surface area contributed by atoms with Crippen molar-refractivity contribution in [2.75, 3.05) is 7.11 Å². The Labute approximate surface area is 206 Å². The summed E-state index contributed by atoms with van der Waals surface area (Å²) in [4.78, 5) is 25.6. The van der Waals surface area contributed by atoms with Crippen LogP contribution in [-0.2, 0) is 14.2 Å². The zero-order valence-corrected chi connectivity index (χ0v) is 21.1. The Kier molecular flexibility index (Phi) is 8.60. The smallest absolute Gasteiger partial charge is 0.189 e. The fourth-order valence-electron chi connectivity index (χ4n) is 5.37. The summed E-state index contributed by atoms with van der Waals surface area (Å²) in [6.07, 6.45) is -1.36. The van der Waals surface area contributed by atoms with E-state index in [-0.39, 0.29) is 35.1 Å². The highest BCUT2D eigenvalue weighted by molar-refractivity contribution is 6.04. The number of hydrogen-bond donors (Lipinski definition) is 4. The quantitative estimate of drug-likeness (QED) is 0.207. The molecule has 7 atom stereocenters. The first-order valence-electron chi connectivity index (χ1n) is 12.4. The normalized spacial score (nSPS) is 29.8. The van der Waals surface area contributed by atoms with Gasteiger partial charge in [0.05, 0.1) is 35.5 Å². The van der Waals surface area contributed by atoms with Gasteiger partial charge in [0, 0.05) is 25.0 Å². The minimum Gasteiger partial charge on any atom is -0.507 e. The molecule has 1 aromatic carbocycles. The number of ketones is 1. The molecular formula is C26H38O9. The number of rotatable bonds is 11. The summed E-state index contributed by atoms with van der Waals surface area (Å²) in [5.41, 5.74) is -1.47. The molecule has 2 heterocycles. The first kappa shape index (κ1) is 27.5. The van der Waals surface area contributed by atoms with E-state index >= 15 is 0 Å². The lowest BCUT2D eigenvalue weighted by atomic mass is 9.79. The van der Waals surface area contributed by atoms with Crippen molar-refractivity contribution in [3.8, 4) is 11.5 Å². The van der Waals surface area contributed by atoms with Crippen LogP contribution in [0, 0.1) is 11.8 Å². The lowest BCUT2D eigenvalue weighted by molar-refractivity contribution is -0.239. The van der Waals surface area contributed by atoms with E-state index in [0.717, 1.165) is 6.42 Å². The van der Waals surface area contributed by atoms with Crippen molar-refractivity contribution < 1.29 is 44.2 Å². The zero-order chi connectivity index (χ0) is 26.1. The Hall–Kier alpha value is -2.04. The Morgan fingerprint density at radius 3 is 2.43 bits per heavy atom. The van der Waals surface area contributed by atoms with Crippen LogP contribution in [0.5, 0.6) is 11.5 Å². The van der Waals surface area contributed by atoms with E-state index in [1.807, 2.05) is 27.7 Å². The van der Waals surface area contributed by atoms with Gasteiger partial charge in [-0.2, -0.15) is 0 Å². The van der Waals surface area contributed by atoms with Gasteiger partial charge in [0.1, 0.15) is 11.5 Å². The van der Waals surface area contributed by atoms with Crippen molar-refractivity contribution >= 4 is 12.1 Å². The molecule has 0 aromatic heterocycles. The number of aromatic hydroxyl groups is 2. The SMILES string of the molecule is CCCCC(C(=O)c1cc(C(OC)C(C)C)c(O)c(C=O)c1O)[C@H]1C[C@@H](O)[C@]2(O[C@H]2CC)[C@H](O)O1. The summed E-state index contributed by atoms with van der Waals surface area (Å²) in [5.74, 6) is -2.45. The number of ether oxygens (including phenoxy) is 3. The molecule has 0 bridgehead atoms. The van der Waals surface area contributed by atoms with Gasteiger partial charge in [0.25, 0.3) is 0 Å². The minimum absolute atomic E-state index is 0.0760. The van der Waals surface area contributed by atoms with Crippen molar-refractivity contribution in [2.24, 2.45) is 11.8 Å². The number of aliphatic hydroxyl groups excluding tert-OH is 2. The van der Waals surface area contributed by atoms with Crippen molar-refractivity contribution in [2.45, 2.75) is 96.1 Å². The summed E-state index contributed by atoms with van der Waals surface area (Å²) in [6, 6.07) is 1.36. The molecule has 2 fully saturated rings. The zero-order valence-electron chi connectivity index (χ0n) is 21.1. The van der Waals surface area contributed by atoms with Gasteiger partial charge < -0.3 is 34.6 Å². The first-order valence-corrected chi connectivity index (χ1v) is 12.4. The van der Waals surface area contributed by atoms with Gasteiger partial charge in [-0.05, 0) is 24.8 Å². The number of benzene rings is 1. The topological polar surface area (TPSA) is 146 Å². The van der Waals surface area contributed by atoms with Gasteiger partial charge in [-0.15, -0.1) is 0 Å². The molecule has 0 aliphatic carbocycles. The predicted octanol–water partition coefficient (Wildman–Crippen LogP) is 3.26. The number of carbonyl (C=O) groups excluding carboxylic acids is 2. The van der Waals surface area contributed by atoms with E-state index < -0.39 is 53.4 Å². The molecule has 0 amide bonds. The highest BCUT2D eigenvalue weighted by Gasteiger charge is 2.68. The number of epoxide rings is 1. The van der Waals surface area contributed by atoms with Crippen molar-refractivity contribution in [1.82, 2.24) is 0 Å². The van der Waals surface area contributed by atoms with Crippen LogP contribution in [0.4, 0.5) is 0 Å². The third-order valence-corrected chi connectivity index (χ3v) is 7.37. The van der Waals surface area contributed by atoms with Crippen LogP contribution >= 0.6 is 0 Å². The summed E-state index contributed by atoms with van der Waals surface area (Å²) in [6.45, 7) is 7.59. The van der Waals surface area contributed by atoms with Crippen LogP contribution < -0.4 is 0 Å². The number of methoxy groups -OCH3 is 1. The molecule has 2 unspecified atom stereocenters. The van der Waals surface area contributed by atoms with Crippen LogP contribution in [0.3, 0.4) is 0 Å². The lowest BCUT2D eigenvalue weighted by Gasteiger charge is -2.39. The molecule has 9 heteroatoms. The third-order valence-electron chi connectivity index (χ3n) is 7.37. The van der Waals surface area contributed by atoms with E-state index in [1.54, 1.807) is 0 Å². The molecule has 2 aliphatic rings. The van der Waals surface area contributed by atoms with Gasteiger partial charge >= 0.3 is 0 Å². The Morgan fingerprint density at radius 1 is 1.26 bits per heavy atom. The molecule has 196 valence electrons. The number of Topliss-reactive ketones (excluding diaryl/α,β-unsaturated/α-hetero) is 1. The fourth-order valence-corrected chi connectivity index (χ4v) is 5.37. The van der Waals surface area contributed by atoms with Gasteiger partial charge in [0.15, 0.2) is 24.0 Å². The van der Waals surface area contributed by atoms with Crippen molar-refractivity contribution in [3.63, 3.8) is 0 Å². The van der Waals surface area contributed by atoms with Gasteiger partial charge in [0.2, 0.25) is 0 Å². The molecular weight excluding hydrogens is 456 g/mol. The maximum atomic E-state index is 13.8. The average Bonchev–Trinajstić information content (AvgIpc) is 3.56. The molecule has 2 saturated heterocycles. The number of phenolic OH excluding ortho intramolecular Hbond substituents is 2. The molecule has 3 rings (SSSR count). The van der Waals surface area contributed by atoms with Gasteiger partial charge in [-0.25, -0.2) is 0 Å². The molecule has 35 heavy (non-hydrogen) atoms. The Balaban J connectivity index is 2.01. The van der Waals surface area contributed by atoms with Crippen LogP contribution in [0.2, 0.25) is 0 Å². The molecule has 2 aliphatic heterocycles. The summed E-state index contributed by atoms with van der Waals surface area (Å²) in [7, 11) is 1.46. The van der Waals surface area contributed by atoms with Crippen LogP contribution in [-0.4, -0.2) is 69.8 Å². The number of aliphatic hydroxyl groups is 2. The molecule has 1 aromatic rings. The Bertz CT molecular complexity index is 916. The lowest BCUT2D eigenvalue weighted by Crippen LogP contribution is -2.55. The monoisotopic (exact) mass is 494 g/mol. The second kappa shape index (κ2) is 10.9. The fraction of sp³-hybridized carbons (Fsp3) is 0.692.